The first kappa shape index (κ1) is 20.2. The van der Waals surface area contributed by atoms with Crippen molar-refractivity contribution in [3.8, 4) is 0 Å². The van der Waals surface area contributed by atoms with Gasteiger partial charge in [-0.15, -0.1) is 0 Å². The minimum absolute atomic E-state index is 0.00299. The highest BCUT2D eigenvalue weighted by molar-refractivity contribution is 5.98. The van der Waals surface area contributed by atoms with E-state index in [2.05, 4.69) is 22.2 Å². The van der Waals surface area contributed by atoms with Crippen LogP contribution in [-0.4, -0.2) is 50.0 Å². The smallest absolute Gasteiger partial charge is 0.306 e. The number of carbonyl (C=O) groups excluding carboxylic acids is 1. The Hall–Kier alpha value is -2.70. The number of anilines is 1. The fourth-order valence-corrected chi connectivity index (χ4v) is 5.68. The van der Waals surface area contributed by atoms with Gasteiger partial charge in [-0.1, -0.05) is 6.92 Å². The van der Waals surface area contributed by atoms with E-state index in [1.807, 2.05) is 23.1 Å². The Morgan fingerprint density at radius 3 is 2.45 bits per heavy atom. The van der Waals surface area contributed by atoms with Gasteiger partial charge in [0, 0.05) is 35.3 Å². The number of carbonyl (C=O) groups is 2. The fraction of sp³-hybridized carbons (Fsp3) is 0.583. The molecule has 31 heavy (non-hydrogen) atoms. The zero-order chi connectivity index (χ0) is 21.5. The van der Waals surface area contributed by atoms with Crippen LogP contribution < -0.4 is 5.32 Å². The number of carboxylic acid groups (broad SMARTS) is 1. The maximum absolute atomic E-state index is 13.3. The van der Waals surface area contributed by atoms with Gasteiger partial charge in [0.25, 0.3) is 5.91 Å². The molecular weight excluding hydrogens is 392 g/mol. The summed E-state index contributed by atoms with van der Waals surface area (Å²) in [5.74, 6) is 0.386. The summed E-state index contributed by atoms with van der Waals surface area (Å²) in [5.41, 5.74) is 1.45. The van der Waals surface area contributed by atoms with Gasteiger partial charge in [-0.3, -0.25) is 9.59 Å². The summed E-state index contributed by atoms with van der Waals surface area (Å²) in [6, 6.07) is 6.09. The molecule has 2 unspecified atom stereocenters. The Labute approximate surface area is 182 Å². The third kappa shape index (κ3) is 3.98. The second-order valence-corrected chi connectivity index (χ2v) is 9.67. The van der Waals surface area contributed by atoms with E-state index in [1.165, 1.54) is 12.8 Å². The second kappa shape index (κ2) is 8.09. The van der Waals surface area contributed by atoms with Crippen molar-refractivity contribution in [2.24, 2.45) is 11.8 Å². The maximum Gasteiger partial charge on any atom is 0.306 e. The molecule has 1 aromatic carbocycles. The largest absolute Gasteiger partial charge is 0.481 e. The fourth-order valence-electron chi connectivity index (χ4n) is 5.68. The number of hydrogen-bond acceptors (Lipinski definition) is 5. The molecule has 2 aliphatic heterocycles. The van der Waals surface area contributed by atoms with Crippen molar-refractivity contribution in [3.63, 3.8) is 0 Å². The SMILES string of the molecule is C[C@H]1CC[C@@H](Nc2ncc3cc(C(=O)N4C5CCC4CC(C(=O)O)C5)ccc3n2)CC1. The van der Waals surface area contributed by atoms with Gasteiger partial charge in [-0.25, -0.2) is 9.97 Å². The summed E-state index contributed by atoms with van der Waals surface area (Å²) >= 11 is 0. The Balaban J connectivity index is 1.31. The average molecular weight is 423 g/mol. The monoisotopic (exact) mass is 422 g/mol. The van der Waals surface area contributed by atoms with Crippen LogP contribution in [-0.2, 0) is 4.79 Å². The number of nitrogens with one attached hydrogen (secondary N) is 1. The number of rotatable bonds is 4. The number of hydrogen-bond donors (Lipinski definition) is 2. The number of benzene rings is 1. The zero-order valence-electron chi connectivity index (χ0n) is 18.0. The molecule has 3 fully saturated rings. The van der Waals surface area contributed by atoms with Crippen LogP contribution in [0.2, 0.25) is 0 Å². The first-order chi connectivity index (χ1) is 15.0. The van der Waals surface area contributed by atoms with Crippen LogP contribution in [0, 0.1) is 11.8 Å². The van der Waals surface area contributed by atoms with Crippen molar-refractivity contribution in [2.75, 3.05) is 5.32 Å². The van der Waals surface area contributed by atoms with Crippen LogP contribution in [0.15, 0.2) is 24.4 Å². The van der Waals surface area contributed by atoms with Gasteiger partial charge in [-0.05, 0) is 75.5 Å². The maximum atomic E-state index is 13.3. The van der Waals surface area contributed by atoms with E-state index >= 15 is 0 Å². The van der Waals surface area contributed by atoms with E-state index in [9.17, 15) is 14.7 Å². The molecule has 3 heterocycles. The van der Waals surface area contributed by atoms with Crippen molar-refractivity contribution in [2.45, 2.75) is 76.4 Å². The Bertz CT molecular complexity index is 987. The van der Waals surface area contributed by atoms with E-state index < -0.39 is 5.97 Å². The summed E-state index contributed by atoms with van der Waals surface area (Å²) in [6.45, 7) is 2.31. The molecule has 1 saturated carbocycles. The molecule has 3 aliphatic rings. The van der Waals surface area contributed by atoms with Gasteiger partial charge in [0.05, 0.1) is 11.4 Å². The van der Waals surface area contributed by atoms with Crippen LogP contribution in [0.25, 0.3) is 10.9 Å². The first-order valence-electron chi connectivity index (χ1n) is 11.6. The lowest BCUT2D eigenvalue weighted by atomic mass is 9.87. The lowest BCUT2D eigenvalue weighted by Gasteiger charge is -2.37. The van der Waals surface area contributed by atoms with Gasteiger partial charge in [0.2, 0.25) is 5.95 Å². The molecule has 2 bridgehead atoms. The van der Waals surface area contributed by atoms with Crippen LogP contribution in [0.1, 0.15) is 68.6 Å². The van der Waals surface area contributed by atoms with E-state index in [0.29, 0.717) is 30.4 Å². The molecule has 7 nitrogen and oxygen atoms in total. The molecule has 7 heteroatoms. The number of fused-ring (bicyclic) bond motifs is 3. The molecule has 2 atom stereocenters. The summed E-state index contributed by atoms with van der Waals surface area (Å²) in [4.78, 5) is 35.8. The Morgan fingerprint density at radius 1 is 1.06 bits per heavy atom. The topological polar surface area (TPSA) is 95.4 Å². The van der Waals surface area contributed by atoms with Crippen molar-refractivity contribution in [1.82, 2.24) is 14.9 Å². The van der Waals surface area contributed by atoms with Crippen LogP contribution in [0.4, 0.5) is 5.95 Å². The minimum Gasteiger partial charge on any atom is -0.481 e. The molecule has 164 valence electrons. The normalized spacial score (nSPS) is 30.4. The molecular formula is C24H30N4O3. The Morgan fingerprint density at radius 2 is 1.77 bits per heavy atom. The molecule has 0 radical (unpaired) electrons. The highest BCUT2D eigenvalue weighted by Crippen LogP contribution is 2.39. The highest BCUT2D eigenvalue weighted by atomic mass is 16.4. The number of nitrogens with zero attached hydrogens (tertiary/aromatic N) is 3. The molecule has 1 aliphatic carbocycles. The van der Waals surface area contributed by atoms with E-state index in [0.717, 1.165) is 42.5 Å². The molecule has 1 aromatic heterocycles. The number of aromatic nitrogens is 2. The Kier molecular flexibility index (Phi) is 5.28. The molecule has 2 saturated heterocycles. The van der Waals surface area contributed by atoms with Crippen molar-refractivity contribution in [1.29, 1.82) is 0 Å². The second-order valence-electron chi connectivity index (χ2n) is 9.67. The highest BCUT2D eigenvalue weighted by Gasteiger charge is 2.45. The van der Waals surface area contributed by atoms with E-state index in [-0.39, 0.29) is 23.9 Å². The van der Waals surface area contributed by atoms with Gasteiger partial charge < -0.3 is 15.3 Å². The molecule has 2 N–H and O–H groups in total. The lowest BCUT2D eigenvalue weighted by Crippen LogP contribution is -2.47. The number of aliphatic carboxylic acids is 1. The summed E-state index contributed by atoms with van der Waals surface area (Å²) < 4.78 is 0. The predicted molar refractivity (Wildman–Crippen MR) is 118 cm³/mol. The lowest BCUT2D eigenvalue weighted by molar-refractivity contribution is -0.144. The summed E-state index contributed by atoms with van der Waals surface area (Å²) in [5, 5.41) is 13.7. The third-order valence-electron chi connectivity index (χ3n) is 7.49. The van der Waals surface area contributed by atoms with Gasteiger partial charge in [-0.2, -0.15) is 0 Å². The minimum atomic E-state index is -0.737. The van der Waals surface area contributed by atoms with Crippen LogP contribution in [0.3, 0.4) is 0 Å². The van der Waals surface area contributed by atoms with Crippen molar-refractivity contribution in [3.05, 3.63) is 30.0 Å². The van der Waals surface area contributed by atoms with E-state index in [4.69, 9.17) is 0 Å². The van der Waals surface area contributed by atoms with Gasteiger partial charge >= 0.3 is 5.97 Å². The van der Waals surface area contributed by atoms with Gasteiger partial charge in [0.15, 0.2) is 0 Å². The summed E-state index contributed by atoms with van der Waals surface area (Å²) in [7, 11) is 0. The standard InChI is InChI=1S/C24H30N4O3/c1-14-2-5-18(6-3-14)26-24-25-13-17-10-15(4-9-21(17)27-24)22(29)28-19-7-8-20(28)12-16(11-19)23(30)31/h4,9-10,13-14,16,18-20H,2-3,5-8,11-12H2,1H3,(H,30,31)(H,25,26,27)/t14-,16?,18+,19?,20?. The predicted octanol–water partition coefficient (Wildman–Crippen LogP) is 4.09. The summed E-state index contributed by atoms with van der Waals surface area (Å²) in [6.07, 6.45) is 9.47. The van der Waals surface area contributed by atoms with E-state index in [1.54, 1.807) is 6.20 Å². The molecule has 5 rings (SSSR count). The number of carboxylic acids is 1. The third-order valence-corrected chi connectivity index (χ3v) is 7.49. The number of piperidine rings is 1. The molecule has 0 spiro atoms. The first-order valence-corrected chi connectivity index (χ1v) is 11.6. The van der Waals surface area contributed by atoms with Gasteiger partial charge in [0.1, 0.15) is 0 Å². The van der Waals surface area contributed by atoms with Crippen LogP contribution >= 0.6 is 0 Å². The van der Waals surface area contributed by atoms with Crippen molar-refractivity contribution < 1.29 is 14.7 Å². The quantitative estimate of drug-likeness (QED) is 0.771. The zero-order valence-corrected chi connectivity index (χ0v) is 18.0. The number of amides is 1. The van der Waals surface area contributed by atoms with Crippen LogP contribution in [0.5, 0.6) is 0 Å². The average Bonchev–Trinajstić information content (AvgIpc) is 3.03. The van der Waals surface area contributed by atoms with Crippen molar-refractivity contribution >= 4 is 28.7 Å². The molecule has 1 amide bonds. The molecule has 2 aromatic rings.